The van der Waals surface area contributed by atoms with Gasteiger partial charge in [0.15, 0.2) is 12.0 Å². The molecule has 0 radical (unpaired) electrons. The van der Waals surface area contributed by atoms with Gasteiger partial charge in [-0.3, -0.25) is 10.5 Å². The summed E-state index contributed by atoms with van der Waals surface area (Å²) in [5.74, 6) is -0.649. The zero-order valence-electron chi connectivity index (χ0n) is 10.5. The lowest BCUT2D eigenvalue weighted by atomic mass is 9.97. The summed E-state index contributed by atoms with van der Waals surface area (Å²) in [4.78, 5) is 10.5. The molecule has 0 aliphatic carbocycles. The molecule has 0 aliphatic heterocycles. The Labute approximate surface area is 115 Å². The number of rotatable bonds is 6. The van der Waals surface area contributed by atoms with Crippen LogP contribution in [0.2, 0.25) is 0 Å². The Morgan fingerprint density at radius 1 is 1.20 bits per heavy atom. The van der Waals surface area contributed by atoms with Crippen molar-refractivity contribution in [3.63, 3.8) is 0 Å². The predicted molar refractivity (Wildman–Crippen MR) is 70.3 cm³/mol. The number of carbonyl (C=O) groups excluding carboxylic acids is 1. The Hall–Kier alpha value is -1.77. The first-order valence-corrected chi connectivity index (χ1v) is 5.77. The molecule has 110 valence electrons. The minimum atomic E-state index is -2.73. The van der Waals surface area contributed by atoms with Crippen LogP contribution < -0.4 is 5.73 Å². The van der Waals surface area contributed by atoms with Crippen molar-refractivity contribution in [1.82, 2.24) is 0 Å². The molecule has 0 aromatic heterocycles. The fourth-order valence-corrected chi connectivity index (χ4v) is 1.50. The summed E-state index contributed by atoms with van der Waals surface area (Å²) in [7, 11) is 0. The molecular weight excluding hydrogens is 266 g/mol. The van der Waals surface area contributed by atoms with Gasteiger partial charge in [0.1, 0.15) is 24.1 Å². The average molecular weight is 283 g/mol. The van der Waals surface area contributed by atoms with E-state index in [9.17, 15) is 30.3 Å². The molecule has 20 heavy (non-hydrogen) atoms. The quantitative estimate of drug-likeness (QED) is 0.212. The Kier molecular flexibility index (Phi) is 5.37. The minimum Gasteiger partial charge on any atom is -0.509 e. The Bertz CT molecular complexity index is 473. The first-order valence-electron chi connectivity index (χ1n) is 5.77. The van der Waals surface area contributed by atoms with Gasteiger partial charge in [-0.05, 0) is 11.6 Å². The number of nitrogens with two attached hydrogens (primary N) is 1. The van der Waals surface area contributed by atoms with E-state index in [4.69, 9.17) is 5.73 Å². The highest BCUT2D eigenvalue weighted by molar-refractivity contribution is 5.62. The molecule has 4 atom stereocenters. The van der Waals surface area contributed by atoms with E-state index in [1.165, 1.54) is 0 Å². The monoisotopic (exact) mass is 283 g/mol. The molecule has 0 bridgehead atoms. The molecule has 0 aliphatic rings. The number of benzene rings is 1. The van der Waals surface area contributed by atoms with Crippen LogP contribution in [0.3, 0.4) is 0 Å². The lowest BCUT2D eigenvalue weighted by Gasteiger charge is -2.29. The Morgan fingerprint density at radius 2 is 1.75 bits per heavy atom. The van der Waals surface area contributed by atoms with E-state index in [1.54, 1.807) is 30.3 Å². The maximum absolute atomic E-state index is 10.5. The van der Waals surface area contributed by atoms with E-state index < -0.39 is 29.8 Å². The SMILES string of the molecule is N[C@@](O)(C=O)[C@H](O)[C@@H](O)[C@H](O)C(O)=Cc1ccccc1. The van der Waals surface area contributed by atoms with Crippen LogP contribution in [0.1, 0.15) is 5.56 Å². The van der Waals surface area contributed by atoms with Gasteiger partial charge in [-0.2, -0.15) is 0 Å². The standard InChI is InChI=1S/C13H17NO6/c14-13(20,7-15)12(19)11(18)10(17)9(16)6-8-4-2-1-3-5-8/h1-7,10-12,16-20H,14H2/t10-,11+,12-,13-/m1/s1. The van der Waals surface area contributed by atoms with Crippen LogP contribution in [-0.4, -0.2) is 55.9 Å². The lowest BCUT2D eigenvalue weighted by Crippen LogP contribution is -2.59. The molecule has 0 saturated heterocycles. The van der Waals surface area contributed by atoms with Gasteiger partial charge < -0.3 is 25.5 Å². The highest BCUT2D eigenvalue weighted by Crippen LogP contribution is 2.15. The van der Waals surface area contributed by atoms with Crippen molar-refractivity contribution in [2.24, 2.45) is 5.73 Å². The van der Waals surface area contributed by atoms with Crippen LogP contribution in [0.4, 0.5) is 0 Å². The van der Waals surface area contributed by atoms with Gasteiger partial charge in [0.05, 0.1) is 0 Å². The third-order valence-corrected chi connectivity index (χ3v) is 2.73. The molecular formula is C13H17NO6. The van der Waals surface area contributed by atoms with Gasteiger partial charge in [-0.25, -0.2) is 0 Å². The van der Waals surface area contributed by atoms with Gasteiger partial charge in [0, 0.05) is 0 Å². The van der Waals surface area contributed by atoms with Gasteiger partial charge in [-0.15, -0.1) is 0 Å². The highest BCUT2D eigenvalue weighted by Gasteiger charge is 2.40. The molecule has 7 nitrogen and oxygen atoms in total. The second kappa shape index (κ2) is 6.60. The van der Waals surface area contributed by atoms with Crippen molar-refractivity contribution in [2.45, 2.75) is 24.0 Å². The third-order valence-electron chi connectivity index (χ3n) is 2.73. The van der Waals surface area contributed by atoms with Crippen LogP contribution >= 0.6 is 0 Å². The maximum Gasteiger partial charge on any atom is 0.199 e. The molecule has 0 fully saturated rings. The molecule has 7 N–H and O–H groups in total. The van der Waals surface area contributed by atoms with Crippen LogP contribution in [0.5, 0.6) is 0 Å². The van der Waals surface area contributed by atoms with E-state index in [1.807, 2.05) is 0 Å². The fraction of sp³-hybridized carbons (Fsp3) is 0.308. The first-order chi connectivity index (χ1) is 9.29. The van der Waals surface area contributed by atoms with Crippen LogP contribution in [0.25, 0.3) is 6.08 Å². The average Bonchev–Trinajstić information content (AvgIpc) is 2.45. The largest absolute Gasteiger partial charge is 0.509 e. The summed E-state index contributed by atoms with van der Waals surface area (Å²) in [6.07, 6.45) is -5.14. The topological polar surface area (TPSA) is 144 Å². The van der Waals surface area contributed by atoms with Gasteiger partial charge in [-0.1, -0.05) is 30.3 Å². The molecule has 0 amide bonds. The highest BCUT2D eigenvalue weighted by atomic mass is 16.4. The van der Waals surface area contributed by atoms with Gasteiger partial charge in [0.25, 0.3) is 0 Å². The Balaban J connectivity index is 2.86. The Morgan fingerprint density at radius 3 is 2.25 bits per heavy atom. The van der Waals surface area contributed by atoms with E-state index >= 15 is 0 Å². The van der Waals surface area contributed by atoms with E-state index in [0.717, 1.165) is 6.08 Å². The zero-order valence-corrected chi connectivity index (χ0v) is 10.5. The van der Waals surface area contributed by atoms with Crippen LogP contribution in [0.15, 0.2) is 36.1 Å². The molecule has 1 aromatic carbocycles. The van der Waals surface area contributed by atoms with Crippen molar-refractivity contribution in [2.75, 3.05) is 0 Å². The second-order valence-corrected chi connectivity index (χ2v) is 4.37. The molecule has 7 heteroatoms. The van der Waals surface area contributed by atoms with Crippen LogP contribution in [0, 0.1) is 0 Å². The molecule has 0 unspecified atom stereocenters. The van der Waals surface area contributed by atoms with Crippen LogP contribution in [-0.2, 0) is 4.79 Å². The van der Waals surface area contributed by atoms with Crippen molar-refractivity contribution >= 4 is 12.4 Å². The first kappa shape index (κ1) is 16.3. The van der Waals surface area contributed by atoms with E-state index in [-0.39, 0.29) is 6.29 Å². The van der Waals surface area contributed by atoms with Crippen molar-refractivity contribution in [3.05, 3.63) is 41.7 Å². The number of aliphatic hydroxyl groups is 5. The number of carbonyl (C=O) groups is 1. The van der Waals surface area contributed by atoms with E-state index in [0.29, 0.717) is 5.56 Å². The van der Waals surface area contributed by atoms with Crippen molar-refractivity contribution < 1.29 is 30.3 Å². The molecule has 0 heterocycles. The molecule has 1 aromatic rings. The normalized spacial score (nSPS) is 19.8. The third kappa shape index (κ3) is 3.86. The summed E-state index contributed by atoms with van der Waals surface area (Å²) in [5, 5.41) is 47.7. The zero-order chi connectivity index (χ0) is 15.3. The minimum absolute atomic E-state index is 0.175. The van der Waals surface area contributed by atoms with Crippen molar-refractivity contribution in [1.29, 1.82) is 0 Å². The summed E-state index contributed by atoms with van der Waals surface area (Å²) in [5.41, 5.74) is 2.83. The summed E-state index contributed by atoms with van der Waals surface area (Å²) >= 11 is 0. The number of hydrogen-bond donors (Lipinski definition) is 6. The molecule has 0 saturated carbocycles. The predicted octanol–water partition coefficient (Wildman–Crippen LogP) is -1.49. The maximum atomic E-state index is 10.5. The second-order valence-electron chi connectivity index (χ2n) is 4.37. The van der Waals surface area contributed by atoms with E-state index in [2.05, 4.69) is 0 Å². The number of aldehydes is 1. The van der Waals surface area contributed by atoms with Crippen molar-refractivity contribution in [3.8, 4) is 0 Å². The summed E-state index contributed by atoms with van der Waals surface area (Å²) < 4.78 is 0. The van der Waals surface area contributed by atoms with Gasteiger partial charge >= 0.3 is 0 Å². The smallest absolute Gasteiger partial charge is 0.199 e. The number of hydrogen-bond acceptors (Lipinski definition) is 7. The summed E-state index contributed by atoms with van der Waals surface area (Å²) in [6.45, 7) is 0. The fourth-order valence-electron chi connectivity index (χ4n) is 1.50. The molecule has 1 rings (SSSR count). The van der Waals surface area contributed by atoms with Gasteiger partial charge in [0.2, 0.25) is 0 Å². The summed E-state index contributed by atoms with van der Waals surface area (Å²) in [6, 6.07) is 8.42. The number of aliphatic hydroxyl groups excluding tert-OH is 4. The lowest BCUT2D eigenvalue weighted by molar-refractivity contribution is -0.159. The molecule has 0 spiro atoms.